The minimum absolute atomic E-state index is 0.101. The van der Waals surface area contributed by atoms with Crippen LogP contribution in [-0.4, -0.2) is 24.1 Å². The maximum Gasteiger partial charge on any atom is 0.220 e. The van der Waals surface area contributed by atoms with Crippen LogP contribution in [0.1, 0.15) is 24.8 Å². The minimum atomic E-state index is 0.101. The van der Waals surface area contributed by atoms with Gasteiger partial charge in [0.25, 0.3) is 0 Å². The zero-order valence-electron chi connectivity index (χ0n) is 9.89. The Kier molecular flexibility index (Phi) is 4.50. The van der Waals surface area contributed by atoms with Crippen LogP contribution in [0, 0.1) is 5.92 Å². The van der Waals surface area contributed by atoms with E-state index in [1.165, 1.54) is 0 Å². The van der Waals surface area contributed by atoms with Crippen molar-refractivity contribution in [1.82, 2.24) is 10.3 Å². The first kappa shape index (κ1) is 12.0. The maximum absolute atomic E-state index is 11.7. The van der Waals surface area contributed by atoms with Crippen LogP contribution in [0.3, 0.4) is 0 Å². The molecule has 0 spiro atoms. The van der Waals surface area contributed by atoms with Gasteiger partial charge in [0.2, 0.25) is 5.91 Å². The van der Waals surface area contributed by atoms with E-state index >= 15 is 0 Å². The SMILES string of the molecule is O=C(CC1CCCOC1)NCc1cccnc1. The van der Waals surface area contributed by atoms with Gasteiger partial charge in [0.15, 0.2) is 0 Å². The maximum atomic E-state index is 11.7. The second kappa shape index (κ2) is 6.35. The molecule has 1 aromatic rings. The summed E-state index contributed by atoms with van der Waals surface area (Å²) in [4.78, 5) is 15.7. The monoisotopic (exact) mass is 234 g/mol. The third kappa shape index (κ3) is 4.15. The summed E-state index contributed by atoms with van der Waals surface area (Å²) in [6, 6.07) is 3.83. The lowest BCUT2D eigenvalue weighted by Gasteiger charge is -2.21. The van der Waals surface area contributed by atoms with Crippen LogP contribution in [-0.2, 0) is 16.1 Å². The molecule has 92 valence electrons. The zero-order valence-corrected chi connectivity index (χ0v) is 9.89. The average Bonchev–Trinajstić information content (AvgIpc) is 2.39. The van der Waals surface area contributed by atoms with Gasteiger partial charge in [-0.15, -0.1) is 0 Å². The molecule has 1 aliphatic heterocycles. The van der Waals surface area contributed by atoms with E-state index in [9.17, 15) is 4.79 Å². The first-order valence-electron chi connectivity index (χ1n) is 6.08. The lowest BCUT2D eigenvalue weighted by atomic mass is 9.98. The van der Waals surface area contributed by atoms with Crippen molar-refractivity contribution in [3.05, 3.63) is 30.1 Å². The third-order valence-electron chi connectivity index (χ3n) is 2.94. The summed E-state index contributed by atoms with van der Waals surface area (Å²) in [5, 5.41) is 2.91. The van der Waals surface area contributed by atoms with E-state index in [-0.39, 0.29) is 5.91 Å². The Morgan fingerprint density at radius 1 is 1.59 bits per heavy atom. The number of aromatic nitrogens is 1. The second-order valence-electron chi connectivity index (χ2n) is 4.43. The summed E-state index contributed by atoms with van der Waals surface area (Å²) in [7, 11) is 0. The molecular formula is C13H18N2O2. The number of nitrogens with one attached hydrogen (secondary N) is 1. The van der Waals surface area contributed by atoms with Crippen LogP contribution in [0.5, 0.6) is 0 Å². The first-order valence-corrected chi connectivity index (χ1v) is 6.08. The van der Waals surface area contributed by atoms with Gasteiger partial charge in [0.05, 0.1) is 0 Å². The summed E-state index contributed by atoms with van der Waals surface area (Å²) in [5.74, 6) is 0.488. The van der Waals surface area contributed by atoms with Crippen LogP contribution < -0.4 is 5.32 Å². The van der Waals surface area contributed by atoms with Crippen molar-refractivity contribution in [3.63, 3.8) is 0 Å². The fraction of sp³-hybridized carbons (Fsp3) is 0.538. The molecule has 4 nitrogen and oxygen atoms in total. The van der Waals surface area contributed by atoms with E-state index in [0.717, 1.165) is 31.6 Å². The number of hydrogen-bond donors (Lipinski definition) is 1. The molecule has 1 unspecified atom stereocenters. The summed E-state index contributed by atoms with van der Waals surface area (Å²) < 4.78 is 5.36. The topological polar surface area (TPSA) is 51.2 Å². The lowest BCUT2D eigenvalue weighted by molar-refractivity contribution is -0.123. The Balaban J connectivity index is 1.70. The Morgan fingerprint density at radius 2 is 2.53 bits per heavy atom. The smallest absolute Gasteiger partial charge is 0.220 e. The number of carbonyl (C=O) groups is 1. The van der Waals surface area contributed by atoms with Crippen LogP contribution in [0.4, 0.5) is 0 Å². The molecular weight excluding hydrogens is 216 g/mol. The molecule has 0 bridgehead atoms. The number of rotatable bonds is 4. The Hall–Kier alpha value is -1.42. The van der Waals surface area contributed by atoms with Gasteiger partial charge in [-0.3, -0.25) is 9.78 Å². The van der Waals surface area contributed by atoms with Gasteiger partial charge < -0.3 is 10.1 Å². The van der Waals surface area contributed by atoms with Gasteiger partial charge in [-0.1, -0.05) is 6.07 Å². The van der Waals surface area contributed by atoms with Crippen molar-refractivity contribution in [3.8, 4) is 0 Å². The molecule has 0 aromatic carbocycles. The zero-order chi connectivity index (χ0) is 11.9. The summed E-state index contributed by atoms with van der Waals surface area (Å²) in [6.45, 7) is 2.12. The van der Waals surface area contributed by atoms with Crippen molar-refractivity contribution in [2.45, 2.75) is 25.8 Å². The molecule has 4 heteroatoms. The average molecular weight is 234 g/mol. The van der Waals surface area contributed by atoms with Gasteiger partial charge in [-0.2, -0.15) is 0 Å². The van der Waals surface area contributed by atoms with Crippen molar-refractivity contribution in [2.24, 2.45) is 5.92 Å². The predicted molar refractivity (Wildman–Crippen MR) is 64.2 cm³/mol. The van der Waals surface area contributed by atoms with Crippen molar-refractivity contribution >= 4 is 5.91 Å². The van der Waals surface area contributed by atoms with Crippen molar-refractivity contribution in [1.29, 1.82) is 0 Å². The van der Waals surface area contributed by atoms with Gasteiger partial charge in [-0.05, 0) is 30.4 Å². The van der Waals surface area contributed by atoms with E-state index in [2.05, 4.69) is 10.3 Å². The Bertz CT molecular complexity index is 348. The molecule has 1 atom stereocenters. The largest absolute Gasteiger partial charge is 0.381 e. The van der Waals surface area contributed by atoms with E-state index in [1.807, 2.05) is 12.1 Å². The highest BCUT2D eigenvalue weighted by molar-refractivity contribution is 5.76. The molecule has 0 radical (unpaired) electrons. The number of carbonyl (C=O) groups excluding carboxylic acids is 1. The molecule has 1 N–H and O–H groups in total. The summed E-state index contributed by atoms with van der Waals surface area (Å²) in [5.41, 5.74) is 1.03. The molecule has 17 heavy (non-hydrogen) atoms. The number of nitrogens with zero attached hydrogens (tertiary/aromatic N) is 1. The molecule has 0 aliphatic carbocycles. The normalized spacial score (nSPS) is 19.9. The molecule has 0 saturated carbocycles. The highest BCUT2D eigenvalue weighted by atomic mass is 16.5. The molecule has 2 heterocycles. The minimum Gasteiger partial charge on any atom is -0.381 e. The first-order chi connectivity index (χ1) is 8.34. The van der Waals surface area contributed by atoms with Crippen molar-refractivity contribution < 1.29 is 9.53 Å². The van der Waals surface area contributed by atoms with Crippen LogP contribution >= 0.6 is 0 Å². The molecule has 2 rings (SSSR count). The predicted octanol–water partition coefficient (Wildman–Crippen LogP) is 1.51. The van der Waals surface area contributed by atoms with Gasteiger partial charge in [-0.25, -0.2) is 0 Å². The summed E-state index contributed by atoms with van der Waals surface area (Å²) in [6.07, 6.45) is 6.23. The number of pyridine rings is 1. The van der Waals surface area contributed by atoms with Gasteiger partial charge >= 0.3 is 0 Å². The van der Waals surface area contributed by atoms with Crippen LogP contribution in [0.15, 0.2) is 24.5 Å². The number of ether oxygens (including phenoxy) is 1. The molecule has 1 amide bonds. The lowest BCUT2D eigenvalue weighted by Crippen LogP contribution is -2.28. The molecule has 1 fully saturated rings. The number of amides is 1. The highest BCUT2D eigenvalue weighted by Gasteiger charge is 2.17. The third-order valence-corrected chi connectivity index (χ3v) is 2.94. The highest BCUT2D eigenvalue weighted by Crippen LogP contribution is 2.16. The van der Waals surface area contributed by atoms with Gasteiger partial charge in [0, 0.05) is 38.6 Å². The van der Waals surface area contributed by atoms with Gasteiger partial charge in [0.1, 0.15) is 0 Å². The van der Waals surface area contributed by atoms with Crippen LogP contribution in [0.25, 0.3) is 0 Å². The summed E-state index contributed by atoms with van der Waals surface area (Å²) >= 11 is 0. The fourth-order valence-corrected chi connectivity index (χ4v) is 2.01. The molecule has 1 aliphatic rings. The standard InChI is InChI=1S/C13H18N2O2/c16-13(7-11-4-2-6-17-10-11)15-9-12-3-1-5-14-8-12/h1,3,5,8,11H,2,4,6-7,9-10H2,(H,15,16). The number of hydrogen-bond acceptors (Lipinski definition) is 3. The quantitative estimate of drug-likeness (QED) is 0.859. The fourth-order valence-electron chi connectivity index (χ4n) is 2.01. The molecule has 1 saturated heterocycles. The Labute approximate surface area is 101 Å². The van der Waals surface area contributed by atoms with E-state index in [0.29, 0.717) is 18.9 Å². The van der Waals surface area contributed by atoms with E-state index in [4.69, 9.17) is 4.74 Å². The van der Waals surface area contributed by atoms with E-state index < -0.39 is 0 Å². The van der Waals surface area contributed by atoms with Crippen LogP contribution in [0.2, 0.25) is 0 Å². The second-order valence-corrected chi connectivity index (χ2v) is 4.43. The Morgan fingerprint density at radius 3 is 3.24 bits per heavy atom. The van der Waals surface area contributed by atoms with E-state index in [1.54, 1.807) is 12.4 Å². The van der Waals surface area contributed by atoms with Crippen molar-refractivity contribution in [2.75, 3.05) is 13.2 Å². The molecule has 1 aromatic heterocycles.